The van der Waals surface area contributed by atoms with Crippen molar-refractivity contribution >= 4 is 37.8 Å². The summed E-state index contributed by atoms with van der Waals surface area (Å²) in [5.41, 5.74) is 5.41. The number of amides is 2. The minimum Gasteiger partial charge on any atom is -1.00 e. The smallest absolute Gasteiger partial charge is 0.275 e. The van der Waals surface area contributed by atoms with E-state index in [0.717, 1.165) is 17.3 Å². The van der Waals surface area contributed by atoms with Gasteiger partial charge in [0, 0.05) is 23.0 Å². The van der Waals surface area contributed by atoms with Gasteiger partial charge >= 0.3 is 0 Å². The van der Waals surface area contributed by atoms with Gasteiger partial charge in [0.25, 0.3) is 5.91 Å². The average molecular weight is 637 g/mol. The second-order valence-corrected chi connectivity index (χ2v) is 10.4. The van der Waals surface area contributed by atoms with Crippen molar-refractivity contribution in [2.24, 2.45) is 18.9 Å². The molecule has 1 aromatic carbocycles. The Morgan fingerprint density at radius 2 is 1.72 bits per heavy atom. The van der Waals surface area contributed by atoms with Crippen LogP contribution in [0.2, 0.25) is 0 Å². The van der Waals surface area contributed by atoms with E-state index in [1.807, 2.05) is 13.2 Å². The van der Waals surface area contributed by atoms with Crippen LogP contribution in [0.1, 0.15) is 36.0 Å². The molecule has 0 bridgehead atoms. The van der Waals surface area contributed by atoms with Crippen molar-refractivity contribution in [1.82, 2.24) is 15.6 Å². The number of carbonyl (C=O) groups is 2. The van der Waals surface area contributed by atoms with Crippen LogP contribution in [0.25, 0.3) is 0 Å². The molecule has 1 saturated carbocycles. The standard InChI is InChI=1S/C21H25BrN4O4S.HI/c1-26-12-2-3-17(14-26)21(28)25-24-20(27)16-6-4-15(5-7-16)13-23-31(29,30)19-10-8-18(22)9-11-19;/h2-3,8-12,14-16,23H,4-7,13H2,1H3,(H-,24,25,27,28);1H. The van der Waals surface area contributed by atoms with E-state index >= 15 is 0 Å². The molecule has 1 aliphatic rings. The zero-order chi connectivity index (χ0) is 22.4. The number of carbonyl (C=O) groups excluding carboxylic acids is 2. The molecule has 0 atom stereocenters. The number of benzene rings is 1. The molecule has 32 heavy (non-hydrogen) atoms. The Balaban J connectivity index is 0.00000363. The van der Waals surface area contributed by atoms with Crippen molar-refractivity contribution < 1.29 is 46.6 Å². The van der Waals surface area contributed by atoms with Gasteiger partial charge in [0.05, 0.1) is 4.90 Å². The largest absolute Gasteiger partial charge is 1.00 e. The molecule has 0 saturated heterocycles. The van der Waals surface area contributed by atoms with Crippen LogP contribution in [0, 0.1) is 11.8 Å². The van der Waals surface area contributed by atoms with Crippen molar-refractivity contribution in [3.05, 3.63) is 58.8 Å². The molecule has 11 heteroatoms. The predicted molar refractivity (Wildman–Crippen MR) is 118 cm³/mol. The third kappa shape index (κ3) is 7.49. The number of sulfonamides is 1. The zero-order valence-corrected chi connectivity index (χ0v) is 22.1. The lowest BCUT2D eigenvalue weighted by Crippen LogP contribution is -3.00. The van der Waals surface area contributed by atoms with Crippen molar-refractivity contribution in [3.8, 4) is 0 Å². The Morgan fingerprint density at radius 1 is 1.06 bits per heavy atom. The molecule has 1 aliphatic carbocycles. The highest BCUT2D eigenvalue weighted by molar-refractivity contribution is 9.10. The molecule has 1 heterocycles. The van der Waals surface area contributed by atoms with Crippen LogP contribution in [0.5, 0.6) is 0 Å². The Hall–Kier alpha value is -1.57. The van der Waals surface area contributed by atoms with E-state index in [1.165, 1.54) is 0 Å². The number of nitrogens with zero attached hydrogens (tertiary/aromatic N) is 1. The van der Waals surface area contributed by atoms with Crippen LogP contribution in [0.4, 0.5) is 0 Å². The first-order valence-electron chi connectivity index (χ1n) is 10.1. The summed E-state index contributed by atoms with van der Waals surface area (Å²) >= 11 is 3.29. The number of pyridine rings is 1. The molecule has 3 rings (SSSR count). The lowest BCUT2D eigenvalue weighted by molar-refractivity contribution is -0.671. The van der Waals surface area contributed by atoms with Gasteiger partial charge in [-0.1, -0.05) is 15.9 Å². The Bertz CT molecular complexity index is 1040. The number of halogens is 2. The van der Waals surface area contributed by atoms with Gasteiger partial charge in [-0.05, 0) is 61.9 Å². The quantitative estimate of drug-likeness (QED) is 0.211. The van der Waals surface area contributed by atoms with Crippen molar-refractivity contribution in [1.29, 1.82) is 0 Å². The zero-order valence-electron chi connectivity index (χ0n) is 17.6. The van der Waals surface area contributed by atoms with Gasteiger partial charge in [0.1, 0.15) is 12.6 Å². The van der Waals surface area contributed by atoms with E-state index in [2.05, 4.69) is 31.5 Å². The van der Waals surface area contributed by atoms with Gasteiger partial charge in [-0.2, -0.15) is 0 Å². The number of aromatic nitrogens is 1. The predicted octanol–water partition coefficient (Wildman–Crippen LogP) is -1.18. The van der Waals surface area contributed by atoms with Crippen molar-refractivity contribution in [3.63, 3.8) is 0 Å². The minimum atomic E-state index is -3.55. The van der Waals surface area contributed by atoms with E-state index in [0.29, 0.717) is 24.9 Å². The number of hydrazine groups is 1. The first-order chi connectivity index (χ1) is 14.7. The van der Waals surface area contributed by atoms with Gasteiger partial charge in [0.2, 0.25) is 15.9 Å². The molecule has 0 unspecified atom stereocenters. The van der Waals surface area contributed by atoms with Crippen LogP contribution in [0.3, 0.4) is 0 Å². The number of rotatable bonds is 6. The van der Waals surface area contributed by atoms with Gasteiger partial charge in [-0.25, -0.2) is 17.7 Å². The normalized spacial score (nSPS) is 18.3. The fraction of sp³-hybridized carbons (Fsp3) is 0.381. The fourth-order valence-corrected chi connectivity index (χ4v) is 4.95. The van der Waals surface area contributed by atoms with Crippen LogP contribution >= 0.6 is 15.9 Å². The summed E-state index contributed by atoms with van der Waals surface area (Å²) in [5, 5.41) is 0. The Labute approximate surface area is 213 Å². The minimum absolute atomic E-state index is 0. The maximum absolute atomic E-state index is 12.4. The Morgan fingerprint density at radius 3 is 2.34 bits per heavy atom. The molecule has 1 aromatic heterocycles. The van der Waals surface area contributed by atoms with Crippen molar-refractivity contribution in [2.45, 2.75) is 30.6 Å². The third-order valence-corrected chi connectivity index (χ3v) is 7.37. The summed E-state index contributed by atoms with van der Waals surface area (Å²) in [4.78, 5) is 24.8. The van der Waals surface area contributed by atoms with Crippen LogP contribution in [-0.2, 0) is 21.9 Å². The maximum Gasteiger partial charge on any atom is 0.275 e. The van der Waals surface area contributed by atoms with Crippen LogP contribution in [-0.4, -0.2) is 26.8 Å². The van der Waals surface area contributed by atoms with Gasteiger partial charge in [-0.15, -0.1) is 0 Å². The molecule has 2 amide bonds. The number of hydrogen-bond donors (Lipinski definition) is 3. The molecule has 0 aliphatic heterocycles. The highest BCUT2D eigenvalue weighted by Crippen LogP contribution is 2.28. The summed E-state index contributed by atoms with van der Waals surface area (Å²) in [7, 11) is -1.74. The molecule has 174 valence electrons. The second kappa shape index (κ2) is 12.1. The SMILES string of the molecule is C[n+]1cccc(C(=O)NNC(=O)C2CCC(CNS(=O)(=O)c3ccc(Br)cc3)CC2)c1.[I-]. The van der Waals surface area contributed by atoms with E-state index in [9.17, 15) is 18.0 Å². The highest BCUT2D eigenvalue weighted by atomic mass is 127. The first kappa shape index (κ1) is 26.7. The average Bonchev–Trinajstić information content (AvgIpc) is 2.76. The van der Waals surface area contributed by atoms with Gasteiger partial charge in [0.15, 0.2) is 12.4 Å². The monoisotopic (exact) mass is 636 g/mol. The molecule has 1 fully saturated rings. The molecule has 3 N–H and O–H groups in total. The molecular formula is C21H26BrIN4O4S. The summed E-state index contributed by atoms with van der Waals surface area (Å²) in [6, 6.07) is 9.91. The lowest BCUT2D eigenvalue weighted by Gasteiger charge is -2.27. The van der Waals surface area contributed by atoms with Gasteiger partial charge < -0.3 is 24.0 Å². The highest BCUT2D eigenvalue weighted by Gasteiger charge is 2.27. The van der Waals surface area contributed by atoms with Crippen LogP contribution in [0.15, 0.2) is 58.2 Å². The maximum atomic E-state index is 12.4. The van der Waals surface area contributed by atoms with E-state index < -0.39 is 10.0 Å². The molecular weight excluding hydrogens is 611 g/mol. The molecule has 8 nitrogen and oxygen atoms in total. The van der Waals surface area contributed by atoms with Crippen LogP contribution < -0.4 is 44.1 Å². The molecule has 0 radical (unpaired) electrons. The number of nitrogens with one attached hydrogen (secondary N) is 3. The number of aryl methyl sites for hydroxylation is 1. The topological polar surface area (TPSA) is 108 Å². The number of hydrogen-bond acceptors (Lipinski definition) is 4. The summed E-state index contributed by atoms with van der Waals surface area (Å²) in [5.74, 6) is -0.622. The molecule has 0 spiro atoms. The summed E-state index contributed by atoms with van der Waals surface area (Å²) in [6.07, 6.45) is 6.25. The third-order valence-electron chi connectivity index (χ3n) is 5.40. The van der Waals surface area contributed by atoms with E-state index in [1.54, 1.807) is 47.2 Å². The lowest BCUT2D eigenvalue weighted by atomic mass is 9.82. The fourth-order valence-electron chi connectivity index (χ4n) is 3.57. The molecule has 2 aromatic rings. The van der Waals surface area contributed by atoms with Crippen molar-refractivity contribution in [2.75, 3.05) is 6.54 Å². The van der Waals surface area contributed by atoms with E-state index in [4.69, 9.17) is 0 Å². The Kier molecular flexibility index (Phi) is 10.0. The second-order valence-electron chi connectivity index (χ2n) is 7.72. The van der Waals surface area contributed by atoms with Gasteiger partial charge in [-0.3, -0.25) is 20.4 Å². The summed E-state index contributed by atoms with van der Waals surface area (Å²) in [6.45, 7) is 0.342. The first-order valence-corrected chi connectivity index (χ1v) is 12.3. The summed E-state index contributed by atoms with van der Waals surface area (Å²) < 4.78 is 30.1. The van der Waals surface area contributed by atoms with E-state index in [-0.39, 0.29) is 52.5 Å².